The van der Waals surface area contributed by atoms with Gasteiger partial charge in [0.25, 0.3) is 0 Å². The average molecular weight is 211 g/mol. The first-order valence-electron chi connectivity index (χ1n) is 4.42. The van der Waals surface area contributed by atoms with E-state index < -0.39 is 0 Å². The molecule has 2 nitrogen and oxygen atoms in total. The van der Waals surface area contributed by atoms with Gasteiger partial charge in [0, 0.05) is 0 Å². The van der Waals surface area contributed by atoms with Crippen LogP contribution in [0, 0.1) is 5.92 Å². The fourth-order valence-corrected chi connectivity index (χ4v) is 1.42. The van der Waals surface area contributed by atoms with Gasteiger partial charge in [-0.2, -0.15) is 0 Å². The first kappa shape index (κ1) is 18.4. The second-order valence-corrected chi connectivity index (χ2v) is 4.13. The second kappa shape index (κ2) is 14.2. The largest absolute Gasteiger partial charge is 0.412 e. The summed E-state index contributed by atoms with van der Waals surface area (Å²) in [5.74, 6) is 0.904. The fraction of sp³-hybridized carbons (Fsp3) is 1.00. The van der Waals surface area contributed by atoms with Crippen molar-refractivity contribution < 1.29 is 31.4 Å². The van der Waals surface area contributed by atoms with Crippen molar-refractivity contribution in [2.75, 3.05) is 0 Å². The zero-order valence-corrected chi connectivity index (χ0v) is 9.88. The van der Waals surface area contributed by atoms with Gasteiger partial charge in [-0.15, -0.1) is 0 Å². The van der Waals surface area contributed by atoms with Crippen molar-refractivity contribution >= 4 is 0 Å². The predicted octanol–water partition coefficient (Wildman–Crippen LogP) is 1.91. The average Bonchev–Trinajstić information content (AvgIpc) is 1.87. The van der Waals surface area contributed by atoms with Crippen LogP contribution in [-0.2, 0) is 20.4 Å². The third-order valence-corrected chi connectivity index (χ3v) is 2.26. The van der Waals surface area contributed by atoms with E-state index in [1.807, 2.05) is 0 Å². The Kier molecular flexibility index (Phi) is 21.8. The molecule has 12 heavy (non-hydrogen) atoms. The van der Waals surface area contributed by atoms with E-state index in [9.17, 15) is 0 Å². The van der Waals surface area contributed by atoms with Crippen molar-refractivity contribution in [1.82, 2.24) is 0 Å². The Morgan fingerprint density at radius 3 is 1.83 bits per heavy atom. The zero-order chi connectivity index (χ0) is 7.82. The SMILES string of the molecule is CC(C)CCCCC[CH2][Ti].O.O. The summed E-state index contributed by atoms with van der Waals surface area (Å²) in [6.45, 7) is 4.61. The van der Waals surface area contributed by atoms with Crippen molar-refractivity contribution in [1.29, 1.82) is 0 Å². The van der Waals surface area contributed by atoms with Gasteiger partial charge in [-0.05, 0) is 0 Å². The molecule has 0 aliphatic rings. The summed E-state index contributed by atoms with van der Waals surface area (Å²) in [6.07, 6.45) is 7.19. The number of hydrogen-bond donors (Lipinski definition) is 0. The molecular weight excluding hydrogens is 188 g/mol. The van der Waals surface area contributed by atoms with Crippen LogP contribution in [0.5, 0.6) is 0 Å². The normalized spacial score (nSPS) is 8.83. The molecular formula is C9H23O2Ti. The molecule has 0 bridgehead atoms. The third kappa shape index (κ3) is 16.9. The van der Waals surface area contributed by atoms with Crippen LogP contribution in [-0.4, -0.2) is 11.0 Å². The monoisotopic (exact) mass is 211 g/mol. The Morgan fingerprint density at radius 1 is 0.917 bits per heavy atom. The molecule has 0 rings (SSSR count). The number of rotatable bonds is 6. The van der Waals surface area contributed by atoms with Gasteiger partial charge in [-0.25, -0.2) is 0 Å². The summed E-state index contributed by atoms with van der Waals surface area (Å²) >= 11 is 2.27. The second-order valence-electron chi connectivity index (χ2n) is 3.35. The molecule has 0 heterocycles. The Hall–Kier alpha value is 0.634. The summed E-state index contributed by atoms with van der Waals surface area (Å²) in [4.78, 5) is 0. The minimum atomic E-state index is 0. The van der Waals surface area contributed by atoms with Gasteiger partial charge in [0.15, 0.2) is 0 Å². The summed E-state index contributed by atoms with van der Waals surface area (Å²) in [6, 6.07) is 0. The van der Waals surface area contributed by atoms with Crippen molar-refractivity contribution in [2.45, 2.75) is 50.7 Å². The van der Waals surface area contributed by atoms with E-state index >= 15 is 0 Å². The molecule has 0 aliphatic carbocycles. The molecule has 0 aliphatic heterocycles. The maximum absolute atomic E-state index is 2.31. The van der Waals surface area contributed by atoms with Gasteiger partial charge in [-0.3, -0.25) is 0 Å². The summed E-state index contributed by atoms with van der Waals surface area (Å²) in [5, 5.41) is 0. The number of unbranched alkanes of at least 4 members (excludes halogenated alkanes) is 3. The molecule has 0 aromatic heterocycles. The van der Waals surface area contributed by atoms with Crippen LogP contribution in [0.4, 0.5) is 0 Å². The first-order valence-corrected chi connectivity index (χ1v) is 5.52. The van der Waals surface area contributed by atoms with Gasteiger partial charge < -0.3 is 11.0 Å². The van der Waals surface area contributed by atoms with Gasteiger partial charge >= 0.3 is 77.0 Å². The van der Waals surface area contributed by atoms with Crippen LogP contribution >= 0.6 is 0 Å². The van der Waals surface area contributed by atoms with E-state index in [1.165, 1.54) is 36.8 Å². The van der Waals surface area contributed by atoms with Crippen molar-refractivity contribution in [3.05, 3.63) is 0 Å². The Labute approximate surface area is 88.1 Å². The van der Waals surface area contributed by atoms with Crippen LogP contribution in [0.2, 0.25) is 4.73 Å². The molecule has 0 saturated carbocycles. The third-order valence-electron chi connectivity index (χ3n) is 1.71. The maximum Gasteiger partial charge on any atom is -0.412 e. The van der Waals surface area contributed by atoms with Crippen molar-refractivity contribution in [3.63, 3.8) is 0 Å². The van der Waals surface area contributed by atoms with Crippen LogP contribution in [0.25, 0.3) is 0 Å². The van der Waals surface area contributed by atoms with Crippen molar-refractivity contribution in [3.8, 4) is 0 Å². The summed E-state index contributed by atoms with van der Waals surface area (Å²) in [7, 11) is 0. The maximum atomic E-state index is 2.31. The van der Waals surface area contributed by atoms with E-state index in [4.69, 9.17) is 0 Å². The van der Waals surface area contributed by atoms with Crippen LogP contribution < -0.4 is 0 Å². The minimum Gasteiger partial charge on any atom is -0.412 e. The van der Waals surface area contributed by atoms with Gasteiger partial charge in [0.1, 0.15) is 0 Å². The molecule has 0 amide bonds. The van der Waals surface area contributed by atoms with Crippen LogP contribution in [0.1, 0.15) is 46.0 Å². The molecule has 0 atom stereocenters. The predicted molar refractivity (Wildman–Crippen MR) is 50.0 cm³/mol. The van der Waals surface area contributed by atoms with E-state index in [0.717, 1.165) is 5.92 Å². The quantitative estimate of drug-likeness (QED) is 0.476. The number of hydrogen-bond acceptors (Lipinski definition) is 0. The first-order chi connectivity index (χ1) is 4.77. The summed E-state index contributed by atoms with van der Waals surface area (Å²) in [5.41, 5.74) is 0. The molecule has 75 valence electrons. The molecule has 0 saturated heterocycles. The molecule has 0 fully saturated rings. The minimum absolute atomic E-state index is 0. The molecule has 3 heteroatoms. The smallest absolute Gasteiger partial charge is 0.412 e. The van der Waals surface area contributed by atoms with Crippen LogP contribution in [0.15, 0.2) is 0 Å². The molecule has 0 unspecified atom stereocenters. The zero-order valence-electron chi connectivity index (χ0n) is 8.32. The summed E-state index contributed by atoms with van der Waals surface area (Å²) < 4.78 is 1.36. The molecule has 0 aromatic rings. The van der Waals surface area contributed by atoms with Gasteiger partial charge in [-0.1, -0.05) is 0 Å². The Bertz CT molecular complexity index is 67.5. The van der Waals surface area contributed by atoms with E-state index in [0.29, 0.717) is 0 Å². The van der Waals surface area contributed by atoms with Crippen LogP contribution in [0.3, 0.4) is 0 Å². The standard InChI is InChI=1S/C9H19.2H2O.Ti/c1-4-5-6-7-8-9(2)3;;;/h9H,1,4-8H2,2-3H3;2*1H2;. The van der Waals surface area contributed by atoms with Gasteiger partial charge in [0.05, 0.1) is 0 Å². The van der Waals surface area contributed by atoms with E-state index in [-0.39, 0.29) is 11.0 Å². The molecule has 4 N–H and O–H groups in total. The van der Waals surface area contributed by atoms with E-state index in [2.05, 4.69) is 34.3 Å². The Morgan fingerprint density at radius 2 is 1.42 bits per heavy atom. The van der Waals surface area contributed by atoms with E-state index in [1.54, 1.807) is 0 Å². The molecule has 0 spiro atoms. The topological polar surface area (TPSA) is 63.0 Å². The fourth-order valence-electron chi connectivity index (χ4n) is 1.03. The molecule has 0 aromatic carbocycles. The Balaban J connectivity index is -0.000000405. The van der Waals surface area contributed by atoms with Gasteiger partial charge in [0.2, 0.25) is 0 Å². The van der Waals surface area contributed by atoms with Crippen molar-refractivity contribution in [2.24, 2.45) is 5.92 Å². The molecule has 0 radical (unpaired) electrons.